The van der Waals surface area contributed by atoms with Crippen molar-refractivity contribution in [1.29, 1.82) is 0 Å². The lowest BCUT2D eigenvalue weighted by Gasteiger charge is -2.20. The number of hydrogen-bond donors (Lipinski definition) is 1. The standard InChI is InChI=1S/C20H24ClN3O4/c1-19(2,3)18(27)22-14-11-15(21)23-24(16(14)25)13-9-7-8-12(10-13)17(26)28-20(4,5)6/h7-11H,1-6H3,(H,22,27). The van der Waals surface area contributed by atoms with Crippen LogP contribution in [0.1, 0.15) is 51.9 Å². The van der Waals surface area contributed by atoms with Gasteiger partial charge in [-0.3, -0.25) is 9.59 Å². The lowest BCUT2D eigenvalue weighted by Crippen LogP contribution is -2.32. The highest BCUT2D eigenvalue weighted by Gasteiger charge is 2.23. The Bertz CT molecular complexity index is 969. The van der Waals surface area contributed by atoms with Crippen molar-refractivity contribution in [3.05, 3.63) is 51.4 Å². The number of amides is 1. The van der Waals surface area contributed by atoms with Crippen LogP contribution in [0.5, 0.6) is 0 Å². The van der Waals surface area contributed by atoms with Crippen molar-refractivity contribution in [2.45, 2.75) is 47.1 Å². The average Bonchev–Trinajstić information content (AvgIpc) is 2.55. The number of halogens is 1. The molecule has 0 aliphatic heterocycles. The van der Waals surface area contributed by atoms with E-state index in [9.17, 15) is 14.4 Å². The fraction of sp³-hybridized carbons (Fsp3) is 0.400. The number of anilines is 1. The van der Waals surface area contributed by atoms with Crippen LogP contribution in [0.2, 0.25) is 5.15 Å². The van der Waals surface area contributed by atoms with Crippen molar-refractivity contribution < 1.29 is 14.3 Å². The van der Waals surface area contributed by atoms with Crippen LogP contribution < -0.4 is 10.9 Å². The zero-order valence-electron chi connectivity index (χ0n) is 16.8. The van der Waals surface area contributed by atoms with Crippen LogP contribution >= 0.6 is 11.6 Å². The van der Waals surface area contributed by atoms with Crippen LogP contribution in [0.25, 0.3) is 5.69 Å². The first kappa shape index (κ1) is 21.6. The number of carbonyl (C=O) groups is 2. The summed E-state index contributed by atoms with van der Waals surface area (Å²) in [5.41, 5.74) is -1.32. The number of aromatic nitrogens is 2. The Hall–Kier alpha value is -2.67. The van der Waals surface area contributed by atoms with Gasteiger partial charge in [0.05, 0.1) is 11.3 Å². The van der Waals surface area contributed by atoms with Gasteiger partial charge in [0, 0.05) is 11.5 Å². The summed E-state index contributed by atoms with van der Waals surface area (Å²) in [6.07, 6.45) is 0. The van der Waals surface area contributed by atoms with Gasteiger partial charge in [-0.15, -0.1) is 0 Å². The maximum absolute atomic E-state index is 12.8. The summed E-state index contributed by atoms with van der Waals surface area (Å²) in [5.74, 6) is -0.855. The van der Waals surface area contributed by atoms with Gasteiger partial charge >= 0.3 is 5.97 Å². The van der Waals surface area contributed by atoms with E-state index in [1.807, 2.05) is 0 Å². The third kappa shape index (κ3) is 5.42. The first-order valence-electron chi connectivity index (χ1n) is 8.73. The second-order valence-electron chi connectivity index (χ2n) is 8.35. The van der Waals surface area contributed by atoms with Crippen LogP contribution in [0.3, 0.4) is 0 Å². The fourth-order valence-electron chi connectivity index (χ4n) is 2.14. The highest BCUT2D eigenvalue weighted by Crippen LogP contribution is 2.19. The van der Waals surface area contributed by atoms with Gasteiger partial charge in [0.25, 0.3) is 5.56 Å². The minimum atomic E-state index is -0.691. The zero-order chi connectivity index (χ0) is 21.3. The predicted molar refractivity (Wildman–Crippen MR) is 108 cm³/mol. The third-order valence-corrected chi connectivity index (χ3v) is 3.72. The van der Waals surface area contributed by atoms with Crippen LogP contribution in [0.15, 0.2) is 35.1 Å². The maximum atomic E-state index is 12.8. The van der Waals surface area contributed by atoms with E-state index in [1.165, 1.54) is 12.1 Å². The molecule has 0 saturated heterocycles. The molecular weight excluding hydrogens is 382 g/mol. The van der Waals surface area contributed by atoms with Gasteiger partial charge in [-0.1, -0.05) is 38.4 Å². The summed E-state index contributed by atoms with van der Waals surface area (Å²) in [7, 11) is 0. The van der Waals surface area contributed by atoms with E-state index in [0.29, 0.717) is 5.69 Å². The van der Waals surface area contributed by atoms with Crippen molar-refractivity contribution in [3.8, 4) is 5.69 Å². The molecule has 0 atom stereocenters. The molecule has 1 N–H and O–H groups in total. The Kier molecular flexibility index (Phi) is 5.99. The minimum Gasteiger partial charge on any atom is -0.456 e. The van der Waals surface area contributed by atoms with Crippen molar-refractivity contribution in [3.63, 3.8) is 0 Å². The Morgan fingerprint density at radius 3 is 2.32 bits per heavy atom. The van der Waals surface area contributed by atoms with Crippen molar-refractivity contribution in [2.75, 3.05) is 5.32 Å². The molecule has 150 valence electrons. The van der Waals surface area contributed by atoms with Gasteiger partial charge in [-0.05, 0) is 39.0 Å². The third-order valence-electron chi connectivity index (χ3n) is 3.54. The molecule has 0 fully saturated rings. The topological polar surface area (TPSA) is 90.3 Å². The molecule has 1 aromatic carbocycles. The monoisotopic (exact) mass is 405 g/mol. The number of hydrogen-bond acceptors (Lipinski definition) is 5. The lowest BCUT2D eigenvalue weighted by molar-refractivity contribution is -0.123. The molecule has 1 aromatic heterocycles. The summed E-state index contributed by atoms with van der Waals surface area (Å²) >= 11 is 6.05. The Morgan fingerprint density at radius 2 is 1.75 bits per heavy atom. The van der Waals surface area contributed by atoms with E-state index < -0.39 is 22.5 Å². The summed E-state index contributed by atoms with van der Waals surface area (Å²) < 4.78 is 6.39. The maximum Gasteiger partial charge on any atom is 0.338 e. The van der Waals surface area contributed by atoms with E-state index in [0.717, 1.165) is 4.68 Å². The molecule has 2 aromatic rings. The van der Waals surface area contributed by atoms with Gasteiger partial charge in [0.15, 0.2) is 5.15 Å². The first-order valence-corrected chi connectivity index (χ1v) is 9.11. The molecule has 0 aliphatic carbocycles. The molecule has 7 nitrogen and oxygen atoms in total. The van der Waals surface area contributed by atoms with E-state index in [4.69, 9.17) is 16.3 Å². The second-order valence-corrected chi connectivity index (χ2v) is 8.74. The molecular formula is C20H24ClN3O4. The van der Waals surface area contributed by atoms with Crippen LogP contribution in [0.4, 0.5) is 5.69 Å². The Labute approximate surface area is 168 Å². The van der Waals surface area contributed by atoms with Crippen LogP contribution in [-0.4, -0.2) is 27.3 Å². The molecule has 0 spiro atoms. The molecule has 1 amide bonds. The van der Waals surface area contributed by atoms with Crippen LogP contribution in [0, 0.1) is 5.41 Å². The summed E-state index contributed by atoms with van der Waals surface area (Å²) in [6, 6.07) is 7.57. The first-order chi connectivity index (χ1) is 12.8. The smallest absolute Gasteiger partial charge is 0.338 e. The number of esters is 1. The normalized spacial score (nSPS) is 11.8. The summed E-state index contributed by atoms with van der Waals surface area (Å²) in [4.78, 5) is 37.3. The molecule has 8 heteroatoms. The fourth-order valence-corrected chi connectivity index (χ4v) is 2.33. The number of carbonyl (C=O) groups excluding carboxylic acids is 2. The van der Waals surface area contributed by atoms with Gasteiger partial charge in [0.1, 0.15) is 11.3 Å². The molecule has 2 rings (SSSR count). The quantitative estimate of drug-likeness (QED) is 0.784. The highest BCUT2D eigenvalue weighted by atomic mass is 35.5. The lowest BCUT2D eigenvalue weighted by atomic mass is 9.96. The second kappa shape index (κ2) is 7.75. The molecule has 0 unspecified atom stereocenters. The van der Waals surface area contributed by atoms with Crippen molar-refractivity contribution in [1.82, 2.24) is 9.78 Å². The summed E-state index contributed by atoms with van der Waals surface area (Å²) in [6.45, 7) is 10.5. The van der Waals surface area contributed by atoms with Gasteiger partial charge in [-0.2, -0.15) is 9.78 Å². The average molecular weight is 406 g/mol. The van der Waals surface area contributed by atoms with Crippen LogP contribution in [-0.2, 0) is 9.53 Å². The van der Waals surface area contributed by atoms with Crippen molar-refractivity contribution in [2.24, 2.45) is 5.41 Å². The van der Waals surface area contributed by atoms with E-state index in [2.05, 4.69) is 10.4 Å². The minimum absolute atomic E-state index is 0.00240. The molecule has 1 heterocycles. The highest BCUT2D eigenvalue weighted by molar-refractivity contribution is 6.29. The number of rotatable bonds is 3. The number of nitrogens with one attached hydrogen (secondary N) is 1. The molecule has 0 aliphatic rings. The predicted octanol–water partition coefficient (Wildman–Crippen LogP) is 3.83. The zero-order valence-corrected chi connectivity index (χ0v) is 17.5. The molecule has 0 radical (unpaired) electrons. The van der Waals surface area contributed by atoms with Gasteiger partial charge < -0.3 is 10.1 Å². The molecule has 0 bridgehead atoms. The van der Waals surface area contributed by atoms with Gasteiger partial charge in [0.2, 0.25) is 5.91 Å². The largest absolute Gasteiger partial charge is 0.456 e. The van der Waals surface area contributed by atoms with E-state index >= 15 is 0 Å². The Morgan fingerprint density at radius 1 is 1.11 bits per heavy atom. The Balaban J connectivity index is 2.46. The van der Waals surface area contributed by atoms with Gasteiger partial charge in [-0.25, -0.2) is 4.79 Å². The van der Waals surface area contributed by atoms with Crippen molar-refractivity contribution >= 4 is 29.2 Å². The number of nitrogens with zero attached hydrogens (tertiary/aromatic N) is 2. The number of ether oxygens (including phenoxy) is 1. The SMILES string of the molecule is CC(C)(C)OC(=O)c1cccc(-n2nc(Cl)cc(NC(=O)C(C)(C)C)c2=O)c1. The number of benzene rings is 1. The molecule has 0 saturated carbocycles. The summed E-state index contributed by atoms with van der Waals surface area (Å²) in [5, 5.41) is 6.62. The van der Waals surface area contributed by atoms with E-state index in [1.54, 1.807) is 59.7 Å². The molecule has 28 heavy (non-hydrogen) atoms. The van der Waals surface area contributed by atoms with E-state index in [-0.39, 0.29) is 22.3 Å².